The summed E-state index contributed by atoms with van der Waals surface area (Å²) in [6.45, 7) is 0.646. The maximum Gasteiger partial charge on any atom is 0.410 e. The lowest BCUT2D eigenvalue weighted by Crippen LogP contribution is -2.65. The number of rotatable bonds is 4. The summed E-state index contributed by atoms with van der Waals surface area (Å²) >= 11 is 0. The smallest absolute Gasteiger partial charge is 0.410 e. The van der Waals surface area contributed by atoms with Crippen molar-refractivity contribution in [2.45, 2.75) is 18.6 Å². The first-order valence-corrected chi connectivity index (χ1v) is 8.74. The summed E-state index contributed by atoms with van der Waals surface area (Å²) in [4.78, 5) is 29.8. The molecule has 2 aliphatic heterocycles. The fourth-order valence-electron chi connectivity index (χ4n) is 3.61. The lowest BCUT2D eigenvalue weighted by atomic mass is 9.94. The van der Waals surface area contributed by atoms with Gasteiger partial charge in [-0.3, -0.25) is 9.88 Å². The van der Waals surface area contributed by atoms with E-state index in [1.807, 2.05) is 0 Å². The Balaban J connectivity index is 1.50. The number of hydrogen-bond donors (Lipinski definition) is 1. The van der Waals surface area contributed by atoms with Crippen molar-refractivity contribution >= 4 is 12.2 Å². The molecule has 1 N–H and O–H groups in total. The predicted molar refractivity (Wildman–Crippen MR) is 93.8 cm³/mol. The molecule has 1 spiro atoms. The lowest BCUT2D eigenvalue weighted by Gasteiger charge is -2.43. The number of carbonyl (C=O) groups is 2. The van der Waals surface area contributed by atoms with E-state index < -0.39 is 35.6 Å². The second-order valence-corrected chi connectivity index (χ2v) is 7.16. The quantitative estimate of drug-likeness (QED) is 0.839. The van der Waals surface area contributed by atoms with Gasteiger partial charge in [-0.05, 0) is 29.3 Å². The van der Waals surface area contributed by atoms with Crippen molar-refractivity contribution in [1.29, 1.82) is 0 Å². The molecule has 3 heterocycles. The summed E-state index contributed by atoms with van der Waals surface area (Å²) in [5, 5.41) is 8.95. The number of halogens is 3. The molecule has 29 heavy (non-hydrogen) atoms. The van der Waals surface area contributed by atoms with E-state index in [0.29, 0.717) is 16.7 Å². The number of benzene rings is 1. The standard InChI is InChI=1S/C19H16F3N3O4/c20-15-2-1-12(4-14(15)16(21)22)13-3-11(5-23-6-13)7-24-8-19(29-18(24)28)9-25(10-19)17(26)27/h1-6,16H,7-10H2,(H,26,27). The zero-order chi connectivity index (χ0) is 20.8. The van der Waals surface area contributed by atoms with Crippen LogP contribution in [0, 0.1) is 5.82 Å². The topological polar surface area (TPSA) is 83.0 Å². The molecule has 0 radical (unpaired) electrons. The van der Waals surface area contributed by atoms with Crippen LogP contribution in [0.3, 0.4) is 0 Å². The lowest BCUT2D eigenvalue weighted by molar-refractivity contribution is -0.0609. The molecule has 0 bridgehead atoms. The van der Waals surface area contributed by atoms with E-state index >= 15 is 0 Å². The van der Waals surface area contributed by atoms with Gasteiger partial charge < -0.3 is 14.7 Å². The van der Waals surface area contributed by atoms with Crippen LogP contribution in [0.4, 0.5) is 22.8 Å². The predicted octanol–water partition coefficient (Wildman–Crippen LogP) is 3.51. The SMILES string of the molecule is O=C(O)N1CC2(C1)CN(Cc1cncc(-c3ccc(F)c(C(F)F)c3)c1)C(=O)O2. The van der Waals surface area contributed by atoms with Crippen LogP contribution in [0.1, 0.15) is 17.6 Å². The number of pyridine rings is 1. The Labute approximate surface area is 163 Å². The van der Waals surface area contributed by atoms with Gasteiger partial charge in [0.2, 0.25) is 0 Å². The van der Waals surface area contributed by atoms with Crippen molar-refractivity contribution < 1.29 is 32.6 Å². The van der Waals surface area contributed by atoms with Gasteiger partial charge in [-0.1, -0.05) is 6.07 Å². The number of nitrogens with zero attached hydrogens (tertiary/aromatic N) is 3. The number of carbonyl (C=O) groups excluding carboxylic acids is 1. The van der Waals surface area contributed by atoms with E-state index in [1.54, 1.807) is 6.07 Å². The fourth-order valence-corrected chi connectivity index (χ4v) is 3.61. The Morgan fingerprint density at radius 3 is 2.66 bits per heavy atom. The van der Waals surface area contributed by atoms with Crippen molar-refractivity contribution in [1.82, 2.24) is 14.8 Å². The van der Waals surface area contributed by atoms with Crippen LogP contribution in [0.25, 0.3) is 11.1 Å². The number of alkyl halides is 2. The molecule has 0 atom stereocenters. The highest BCUT2D eigenvalue weighted by Crippen LogP contribution is 2.33. The van der Waals surface area contributed by atoms with Gasteiger partial charge in [0.1, 0.15) is 5.82 Å². The third kappa shape index (κ3) is 3.57. The van der Waals surface area contributed by atoms with Gasteiger partial charge in [0.15, 0.2) is 5.60 Å². The number of ether oxygens (including phenoxy) is 1. The molecular weight excluding hydrogens is 391 g/mol. The largest absolute Gasteiger partial charge is 0.465 e. The summed E-state index contributed by atoms with van der Waals surface area (Å²) < 4.78 is 44.8. The second-order valence-electron chi connectivity index (χ2n) is 7.16. The Kier molecular flexibility index (Phi) is 4.56. The highest BCUT2D eigenvalue weighted by molar-refractivity contribution is 5.73. The summed E-state index contributed by atoms with van der Waals surface area (Å²) in [5.41, 5.74) is 0.00338. The van der Waals surface area contributed by atoms with Crippen LogP contribution < -0.4 is 0 Å². The summed E-state index contributed by atoms with van der Waals surface area (Å²) in [6.07, 6.45) is -1.56. The van der Waals surface area contributed by atoms with Crippen LogP contribution in [-0.4, -0.2) is 57.3 Å². The van der Waals surface area contributed by atoms with Crippen LogP contribution >= 0.6 is 0 Å². The number of hydrogen-bond acceptors (Lipinski definition) is 4. The third-order valence-electron chi connectivity index (χ3n) is 5.00. The molecule has 2 aromatic rings. The van der Waals surface area contributed by atoms with Crippen molar-refractivity contribution in [3.05, 3.63) is 53.6 Å². The maximum absolute atomic E-state index is 13.5. The molecule has 4 rings (SSSR count). The van der Waals surface area contributed by atoms with Crippen molar-refractivity contribution in [2.75, 3.05) is 19.6 Å². The Hall–Kier alpha value is -3.30. The molecule has 1 aromatic carbocycles. The normalized spacial score (nSPS) is 17.6. The molecule has 0 saturated carbocycles. The van der Waals surface area contributed by atoms with Crippen molar-refractivity contribution in [2.24, 2.45) is 0 Å². The Morgan fingerprint density at radius 1 is 1.21 bits per heavy atom. The van der Waals surface area contributed by atoms with Crippen molar-refractivity contribution in [3.63, 3.8) is 0 Å². The monoisotopic (exact) mass is 407 g/mol. The number of likely N-dealkylation sites (tertiary alicyclic amines) is 1. The maximum atomic E-state index is 13.5. The van der Waals surface area contributed by atoms with Gasteiger partial charge >= 0.3 is 12.2 Å². The summed E-state index contributed by atoms with van der Waals surface area (Å²) in [6, 6.07) is 5.12. The molecule has 2 amide bonds. The molecule has 2 fully saturated rings. The highest BCUT2D eigenvalue weighted by atomic mass is 19.3. The average Bonchev–Trinajstić information content (AvgIpc) is 2.97. The minimum absolute atomic E-state index is 0.120. The van der Waals surface area contributed by atoms with Gasteiger partial charge in [0.05, 0.1) is 31.7 Å². The first-order chi connectivity index (χ1) is 13.8. The Morgan fingerprint density at radius 2 is 1.97 bits per heavy atom. The number of carboxylic acid groups (broad SMARTS) is 1. The van der Waals surface area contributed by atoms with E-state index in [-0.39, 0.29) is 26.2 Å². The molecular formula is C19H16F3N3O4. The fraction of sp³-hybridized carbons (Fsp3) is 0.316. The van der Waals surface area contributed by atoms with Crippen LogP contribution in [-0.2, 0) is 11.3 Å². The summed E-state index contributed by atoms with van der Waals surface area (Å²) in [7, 11) is 0. The minimum Gasteiger partial charge on any atom is -0.465 e. The summed E-state index contributed by atoms with van der Waals surface area (Å²) in [5.74, 6) is -0.978. The minimum atomic E-state index is -2.94. The molecule has 10 heteroatoms. The zero-order valence-corrected chi connectivity index (χ0v) is 15.0. The van der Waals surface area contributed by atoms with Crippen molar-refractivity contribution in [3.8, 4) is 11.1 Å². The van der Waals surface area contributed by atoms with E-state index in [0.717, 1.165) is 17.0 Å². The van der Waals surface area contributed by atoms with E-state index in [1.165, 1.54) is 23.4 Å². The van der Waals surface area contributed by atoms with E-state index in [2.05, 4.69) is 4.98 Å². The molecule has 152 valence electrons. The zero-order valence-electron chi connectivity index (χ0n) is 15.0. The van der Waals surface area contributed by atoms with Gasteiger partial charge in [-0.2, -0.15) is 0 Å². The van der Waals surface area contributed by atoms with Gasteiger partial charge in [-0.15, -0.1) is 0 Å². The Bertz CT molecular complexity index is 979. The second kappa shape index (κ2) is 6.94. The molecule has 7 nitrogen and oxygen atoms in total. The number of aromatic nitrogens is 1. The van der Waals surface area contributed by atoms with E-state index in [9.17, 15) is 22.8 Å². The first kappa shape index (κ1) is 19.0. The molecule has 0 unspecified atom stereocenters. The number of amides is 2. The van der Waals surface area contributed by atoms with Gasteiger partial charge in [0.25, 0.3) is 6.43 Å². The molecule has 1 aromatic heterocycles. The first-order valence-electron chi connectivity index (χ1n) is 8.74. The third-order valence-corrected chi connectivity index (χ3v) is 5.00. The van der Waals surface area contributed by atoms with Gasteiger partial charge in [0, 0.05) is 18.0 Å². The van der Waals surface area contributed by atoms with Gasteiger partial charge in [-0.25, -0.2) is 22.8 Å². The van der Waals surface area contributed by atoms with E-state index in [4.69, 9.17) is 9.84 Å². The van der Waals surface area contributed by atoms with Crippen LogP contribution in [0.5, 0.6) is 0 Å². The average molecular weight is 407 g/mol. The van der Waals surface area contributed by atoms with Crippen LogP contribution in [0.2, 0.25) is 0 Å². The van der Waals surface area contributed by atoms with Crippen LogP contribution in [0.15, 0.2) is 36.7 Å². The highest BCUT2D eigenvalue weighted by Gasteiger charge is 2.55. The molecule has 2 saturated heterocycles. The molecule has 0 aliphatic carbocycles. The molecule has 2 aliphatic rings.